The summed E-state index contributed by atoms with van der Waals surface area (Å²) in [5.41, 5.74) is 5.59. The summed E-state index contributed by atoms with van der Waals surface area (Å²) in [5, 5.41) is 0. The Balaban J connectivity index is 2.28. The second-order valence-electron chi connectivity index (χ2n) is 4.28. The monoisotopic (exact) mass is 281 g/mol. The SMILES string of the molecule is NCCc1cccc(Oc2ccccc2C(F)(F)F)c1. The molecule has 0 saturated heterocycles. The summed E-state index contributed by atoms with van der Waals surface area (Å²) < 4.78 is 43.9. The molecular weight excluding hydrogens is 267 g/mol. The van der Waals surface area contributed by atoms with Gasteiger partial charge in [0.05, 0.1) is 5.56 Å². The van der Waals surface area contributed by atoms with Gasteiger partial charge in [-0.1, -0.05) is 24.3 Å². The molecule has 0 bridgehead atoms. The van der Waals surface area contributed by atoms with Crippen LogP contribution in [-0.2, 0) is 12.6 Å². The molecule has 0 amide bonds. The zero-order valence-electron chi connectivity index (χ0n) is 10.7. The number of para-hydroxylation sites is 1. The normalized spacial score (nSPS) is 11.4. The van der Waals surface area contributed by atoms with E-state index in [-0.39, 0.29) is 5.75 Å². The van der Waals surface area contributed by atoms with Gasteiger partial charge in [0, 0.05) is 0 Å². The van der Waals surface area contributed by atoms with Crippen molar-refractivity contribution in [1.29, 1.82) is 0 Å². The fourth-order valence-electron chi connectivity index (χ4n) is 1.85. The highest BCUT2D eigenvalue weighted by Gasteiger charge is 2.34. The van der Waals surface area contributed by atoms with Crippen LogP contribution in [0.2, 0.25) is 0 Å². The van der Waals surface area contributed by atoms with Crippen LogP contribution in [0.4, 0.5) is 13.2 Å². The fourth-order valence-corrected chi connectivity index (χ4v) is 1.85. The van der Waals surface area contributed by atoms with Crippen molar-refractivity contribution in [3.8, 4) is 11.5 Å². The van der Waals surface area contributed by atoms with Crippen LogP contribution in [0.25, 0.3) is 0 Å². The summed E-state index contributed by atoms with van der Waals surface area (Å²) in [6.07, 6.45) is -3.79. The third-order valence-corrected chi connectivity index (χ3v) is 2.75. The van der Waals surface area contributed by atoms with Gasteiger partial charge >= 0.3 is 6.18 Å². The lowest BCUT2D eigenvalue weighted by atomic mass is 10.1. The molecule has 0 saturated carbocycles. The number of hydrogen-bond donors (Lipinski definition) is 1. The van der Waals surface area contributed by atoms with E-state index in [4.69, 9.17) is 10.5 Å². The first-order valence-electron chi connectivity index (χ1n) is 6.14. The zero-order chi connectivity index (χ0) is 14.6. The van der Waals surface area contributed by atoms with Crippen molar-refractivity contribution >= 4 is 0 Å². The van der Waals surface area contributed by atoms with Crippen molar-refractivity contribution in [1.82, 2.24) is 0 Å². The van der Waals surface area contributed by atoms with Gasteiger partial charge in [0.25, 0.3) is 0 Å². The lowest BCUT2D eigenvalue weighted by Gasteiger charge is -2.13. The van der Waals surface area contributed by atoms with Crippen LogP contribution in [0.5, 0.6) is 11.5 Å². The first-order chi connectivity index (χ1) is 9.50. The Labute approximate surface area is 115 Å². The molecule has 0 unspecified atom stereocenters. The Morgan fingerprint density at radius 3 is 2.45 bits per heavy atom. The average molecular weight is 281 g/mol. The molecule has 0 aliphatic carbocycles. The average Bonchev–Trinajstić information content (AvgIpc) is 2.39. The van der Waals surface area contributed by atoms with Crippen LogP contribution in [0.15, 0.2) is 48.5 Å². The van der Waals surface area contributed by atoms with Crippen LogP contribution >= 0.6 is 0 Å². The van der Waals surface area contributed by atoms with Crippen LogP contribution in [0.3, 0.4) is 0 Å². The third-order valence-electron chi connectivity index (χ3n) is 2.75. The quantitative estimate of drug-likeness (QED) is 0.919. The third kappa shape index (κ3) is 3.51. The van der Waals surface area contributed by atoms with E-state index >= 15 is 0 Å². The second kappa shape index (κ2) is 5.96. The minimum Gasteiger partial charge on any atom is -0.457 e. The van der Waals surface area contributed by atoms with Crippen molar-refractivity contribution < 1.29 is 17.9 Å². The summed E-state index contributed by atoms with van der Waals surface area (Å²) in [6.45, 7) is 0.475. The molecule has 2 rings (SSSR count). The molecule has 2 aromatic carbocycles. The van der Waals surface area contributed by atoms with E-state index in [9.17, 15) is 13.2 Å². The number of rotatable bonds is 4. The Bertz CT molecular complexity index is 581. The molecule has 0 atom stereocenters. The molecule has 106 valence electrons. The molecule has 2 nitrogen and oxygen atoms in total. The van der Waals surface area contributed by atoms with Gasteiger partial charge in [-0.15, -0.1) is 0 Å². The maximum atomic E-state index is 12.9. The predicted octanol–water partition coefficient (Wildman–Crippen LogP) is 4.00. The number of alkyl halides is 3. The molecule has 2 aromatic rings. The maximum Gasteiger partial charge on any atom is 0.419 e. The molecule has 0 aromatic heterocycles. The molecule has 0 spiro atoms. The van der Waals surface area contributed by atoms with Gasteiger partial charge in [0.1, 0.15) is 11.5 Å². The number of benzene rings is 2. The predicted molar refractivity (Wildman–Crippen MR) is 70.7 cm³/mol. The van der Waals surface area contributed by atoms with Crippen molar-refractivity contribution in [2.24, 2.45) is 5.73 Å². The van der Waals surface area contributed by atoms with E-state index in [1.807, 2.05) is 6.07 Å². The highest BCUT2D eigenvalue weighted by atomic mass is 19.4. The van der Waals surface area contributed by atoms with Crippen LogP contribution in [-0.4, -0.2) is 6.54 Å². The van der Waals surface area contributed by atoms with E-state index < -0.39 is 11.7 Å². The van der Waals surface area contributed by atoms with Crippen LogP contribution < -0.4 is 10.5 Å². The van der Waals surface area contributed by atoms with Gasteiger partial charge < -0.3 is 10.5 Å². The van der Waals surface area contributed by atoms with Gasteiger partial charge in [-0.3, -0.25) is 0 Å². The highest BCUT2D eigenvalue weighted by molar-refractivity contribution is 5.40. The minimum atomic E-state index is -4.44. The van der Waals surface area contributed by atoms with Gasteiger partial charge in [-0.05, 0) is 42.8 Å². The molecule has 20 heavy (non-hydrogen) atoms. The largest absolute Gasteiger partial charge is 0.457 e. The van der Waals surface area contributed by atoms with Gasteiger partial charge in [0.15, 0.2) is 0 Å². The van der Waals surface area contributed by atoms with Gasteiger partial charge in [-0.2, -0.15) is 13.2 Å². The molecule has 0 heterocycles. The molecule has 0 aliphatic heterocycles. The topological polar surface area (TPSA) is 35.2 Å². The van der Waals surface area contributed by atoms with Crippen molar-refractivity contribution in [3.05, 3.63) is 59.7 Å². The fraction of sp³-hybridized carbons (Fsp3) is 0.200. The minimum absolute atomic E-state index is 0.204. The second-order valence-corrected chi connectivity index (χ2v) is 4.28. The Kier molecular flexibility index (Phi) is 4.29. The van der Waals surface area contributed by atoms with E-state index in [2.05, 4.69) is 0 Å². The summed E-state index contributed by atoms with van der Waals surface area (Å²) in [5.74, 6) is 0.164. The summed E-state index contributed by atoms with van der Waals surface area (Å²) in [6, 6.07) is 12.0. The maximum absolute atomic E-state index is 12.9. The smallest absolute Gasteiger partial charge is 0.419 e. The van der Waals surface area contributed by atoms with Crippen molar-refractivity contribution in [2.45, 2.75) is 12.6 Å². The zero-order valence-corrected chi connectivity index (χ0v) is 10.7. The summed E-state index contributed by atoms with van der Waals surface area (Å²) >= 11 is 0. The van der Waals surface area contributed by atoms with Crippen LogP contribution in [0.1, 0.15) is 11.1 Å². The first kappa shape index (κ1) is 14.4. The number of nitrogens with two attached hydrogens (primary N) is 1. The van der Waals surface area contributed by atoms with Gasteiger partial charge in [0.2, 0.25) is 0 Å². The molecule has 5 heteroatoms. The van der Waals surface area contributed by atoms with E-state index in [1.165, 1.54) is 18.2 Å². The van der Waals surface area contributed by atoms with E-state index in [0.29, 0.717) is 18.7 Å². The molecule has 0 radical (unpaired) electrons. The number of hydrogen-bond acceptors (Lipinski definition) is 2. The summed E-state index contributed by atoms with van der Waals surface area (Å²) in [7, 11) is 0. The lowest BCUT2D eigenvalue weighted by Crippen LogP contribution is -2.07. The van der Waals surface area contributed by atoms with E-state index in [1.54, 1.807) is 18.2 Å². The molecule has 0 fully saturated rings. The highest BCUT2D eigenvalue weighted by Crippen LogP contribution is 2.37. The summed E-state index contributed by atoms with van der Waals surface area (Å²) in [4.78, 5) is 0. The van der Waals surface area contributed by atoms with Crippen LogP contribution in [0, 0.1) is 0 Å². The molecule has 2 N–H and O–H groups in total. The van der Waals surface area contributed by atoms with Crippen molar-refractivity contribution in [3.63, 3.8) is 0 Å². The van der Waals surface area contributed by atoms with Gasteiger partial charge in [-0.25, -0.2) is 0 Å². The number of ether oxygens (including phenoxy) is 1. The van der Waals surface area contributed by atoms with E-state index in [0.717, 1.165) is 11.6 Å². The van der Waals surface area contributed by atoms with Crippen molar-refractivity contribution in [2.75, 3.05) is 6.54 Å². The Morgan fingerprint density at radius 1 is 1.00 bits per heavy atom. The standard InChI is InChI=1S/C15H14F3NO/c16-15(17,18)13-6-1-2-7-14(13)20-12-5-3-4-11(10-12)8-9-19/h1-7,10H,8-9,19H2. The Morgan fingerprint density at radius 2 is 1.75 bits per heavy atom. The molecular formula is C15H14F3NO. The Hall–Kier alpha value is -2.01. The lowest BCUT2D eigenvalue weighted by molar-refractivity contribution is -0.138. The molecule has 0 aliphatic rings. The number of halogens is 3. The first-order valence-corrected chi connectivity index (χ1v) is 6.14.